The van der Waals surface area contributed by atoms with Gasteiger partial charge in [0.25, 0.3) is 0 Å². The van der Waals surface area contributed by atoms with Gasteiger partial charge in [0.05, 0.1) is 6.04 Å². The first-order valence-electron chi connectivity index (χ1n) is 8.35. The largest absolute Gasteiger partial charge is 0.573 e. The SMILES string of the molecule is CC(=O)Nc1cccc([C@@H](C)NC(=O)/C=C/c2ccccc2OC(F)(F)F)c1. The number of carbonyl (C=O) groups is 2. The van der Waals surface area contributed by atoms with Crippen molar-refractivity contribution in [3.63, 3.8) is 0 Å². The quantitative estimate of drug-likeness (QED) is 0.715. The zero-order valence-electron chi connectivity index (χ0n) is 15.2. The van der Waals surface area contributed by atoms with Crippen LogP contribution in [0.25, 0.3) is 6.08 Å². The van der Waals surface area contributed by atoms with E-state index in [1.54, 1.807) is 31.2 Å². The number of anilines is 1. The van der Waals surface area contributed by atoms with E-state index >= 15 is 0 Å². The number of nitrogens with one attached hydrogen (secondary N) is 2. The van der Waals surface area contributed by atoms with Gasteiger partial charge < -0.3 is 15.4 Å². The highest BCUT2D eigenvalue weighted by Crippen LogP contribution is 2.27. The number of ether oxygens (including phenoxy) is 1. The summed E-state index contributed by atoms with van der Waals surface area (Å²) in [7, 11) is 0. The minimum atomic E-state index is -4.82. The van der Waals surface area contributed by atoms with E-state index in [9.17, 15) is 22.8 Å². The van der Waals surface area contributed by atoms with Crippen molar-refractivity contribution in [1.29, 1.82) is 0 Å². The Kier molecular flexibility index (Phi) is 6.81. The lowest BCUT2D eigenvalue weighted by Gasteiger charge is -2.14. The second-order valence-corrected chi connectivity index (χ2v) is 5.96. The van der Waals surface area contributed by atoms with Crippen LogP contribution in [0.2, 0.25) is 0 Å². The predicted molar refractivity (Wildman–Crippen MR) is 99.5 cm³/mol. The Balaban J connectivity index is 2.05. The number of benzene rings is 2. The van der Waals surface area contributed by atoms with Gasteiger partial charge in [0.2, 0.25) is 11.8 Å². The number of hydrogen-bond donors (Lipinski definition) is 2. The first-order chi connectivity index (χ1) is 13.1. The summed E-state index contributed by atoms with van der Waals surface area (Å²) in [6.45, 7) is 3.14. The number of hydrogen-bond acceptors (Lipinski definition) is 3. The van der Waals surface area contributed by atoms with E-state index in [0.717, 1.165) is 11.6 Å². The average Bonchev–Trinajstić information content (AvgIpc) is 2.59. The van der Waals surface area contributed by atoms with Crippen LogP contribution in [0.5, 0.6) is 5.75 Å². The van der Waals surface area contributed by atoms with Crippen LogP contribution in [0.3, 0.4) is 0 Å². The van der Waals surface area contributed by atoms with E-state index in [1.807, 2.05) is 0 Å². The third-order valence-corrected chi connectivity index (χ3v) is 3.62. The van der Waals surface area contributed by atoms with Crippen LogP contribution in [0.1, 0.15) is 31.0 Å². The van der Waals surface area contributed by atoms with Gasteiger partial charge in [0, 0.05) is 24.3 Å². The van der Waals surface area contributed by atoms with E-state index in [4.69, 9.17) is 0 Å². The van der Waals surface area contributed by atoms with Crippen molar-refractivity contribution in [3.8, 4) is 5.75 Å². The van der Waals surface area contributed by atoms with Crippen molar-refractivity contribution in [2.24, 2.45) is 0 Å². The molecule has 0 radical (unpaired) electrons. The van der Waals surface area contributed by atoms with Crippen LogP contribution in [0, 0.1) is 0 Å². The number of amides is 2. The molecule has 0 saturated heterocycles. The molecule has 0 saturated carbocycles. The molecule has 2 amide bonds. The molecule has 148 valence electrons. The monoisotopic (exact) mass is 392 g/mol. The normalized spacial score (nSPS) is 12.5. The Morgan fingerprint density at radius 1 is 1.11 bits per heavy atom. The Hall–Kier alpha value is -3.29. The van der Waals surface area contributed by atoms with Gasteiger partial charge in [0.15, 0.2) is 0 Å². The second kappa shape index (κ2) is 9.07. The highest BCUT2D eigenvalue weighted by Gasteiger charge is 2.31. The summed E-state index contributed by atoms with van der Waals surface area (Å²) in [6.07, 6.45) is -2.44. The maximum atomic E-state index is 12.4. The van der Waals surface area contributed by atoms with Crippen molar-refractivity contribution in [3.05, 3.63) is 65.7 Å². The zero-order chi connectivity index (χ0) is 20.7. The Bertz CT molecular complexity index is 879. The van der Waals surface area contributed by atoms with E-state index < -0.39 is 18.0 Å². The molecule has 1 atom stereocenters. The van der Waals surface area contributed by atoms with Gasteiger partial charge in [-0.2, -0.15) is 0 Å². The van der Waals surface area contributed by atoms with E-state index in [-0.39, 0.29) is 17.5 Å². The van der Waals surface area contributed by atoms with Crippen molar-refractivity contribution in [2.45, 2.75) is 26.3 Å². The van der Waals surface area contributed by atoms with E-state index in [2.05, 4.69) is 15.4 Å². The summed E-state index contributed by atoms with van der Waals surface area (Å²) in [5, 5.41) is 5.37. The molecule has 0 heterocycles. The first kappa shape index (κ1) is 21.0. The third kappa shape index (κ3) is 6.79. The molecule has 0 bridgehead atoms. The number of alkyl halides is 3. The topological polar surface area (TPSA) is 67.4 Å². The Morgan fingerprint density at radius 3 is 2.50 bits per heavy atom. The molecule has 8 heteroatoms. The lowest BCUT2D eigenvalue weighted by atomic mass is 10.1. The van der Waals surface area contributed by atoms with Crippen molar-refractivity contribution in [2.75, 3.05) is 5.32 Å². The highest BCUT2D eigenvalue weighted by molar-refractivity contribution is 5.92. The van der Waals surface area contributed by atoms with Crippen molar-refractivity contribution >= 4 is 23.6 Å². The lowest BCUT2D eigenvalue weighted by Crippen LogP contribution is -2.24. The molecule has 0 aliphatic rings. The van der Waals surface area contributed by atoms with Gasteiger partial charge in [0.1, 0.15) is 5.75 Å². The summed E-state index contributed by atoms with van der Waals surface area (Å²) in [6, 6.07) is 12.1. The summed E-state index contributed by atoms with van der Waals surface area (Å²) in [5.41, 5.74) is 1.48. The predicted octanol–water partition coefficient (Wildman–Crippen LogP) is 4.43. The summed E-state index contributed by atoms with van der Waals surface area (Å²) in [5.74, 6) is -1.09. The first-order valence-corrected chi connectivity index (χ1v) is 8.35. The van der Waals surface area contributed by atoms with Gasteiger partial charge in [-0.25, -0.2) is 0 Å². The standard InChI is InChI=1S/C20H19F3N2O3/c1-13(16-7-5-8-17(12-16)25-14(2)26)24-19(27)11-10-15-6-3-4-9-18(15)28-20(21,22)23/h3-13H,1-2H3,(H,24,27)(H,25,26)/b11-10+/t13-/m1/s1. The maximum absolute atomic E-state index is 12.4. The molecule has 2 aromatic rings. The second-order valence-electron chi connectivity index (χ2n) is 5.96. The Labute approximate surface area is 160 Å². The zero-order valence-corrected chi connectivity index (χ0v) is 15.2. The van der Waals surface area contributed by atoms with Crippen LogP contribution in [-0.2, 0) is 9.59 Å². The fraction of sp³-hybridized carbons (Fsp3) is 0.200. The molecule has 0 spiro atoms. The molecule has 0 aliphatic carbocycles. The van der Waals surface area contributed by atoms with Gasteiger partial charge in [-0.3, -0.25) is 9.59 Å². The molecule has 28 heavy (non-hydrogen) atoms. The summed E-state index contributed by atoms with van der Waals surface area (Å²) >= 11 is 0. The molecule has 2 N–H and O–H groups in total. The number of carbonyl (C=O) groups excluding carboxylic acids is 2. The van der Waals surface area contributed by atoms with Gasteiger partial charge in [-0.05, 0) is 36.8 Å². The minimum Gasteiger partial charge on any atom is -0.405 e. The van der Waals surface area contributed by atoms with E-state index in [1.165, 1.54) is 37.3 Å². The van der Waals surface area contributed by atoms with Gasteiger partial charge >= 0.3 is 6.36 Å². The minimum absolute atomic E-state index is 0.121. The van der Waals surface area contributed by atoms with Crippen LogP contribution >= 0.6 is 0 Å². The fourth-order valence-corrected chi connectivity index (χ4v) is 2.44. The summed E-state index contributed by atoms with van der Waals surface area (Å²) < 4.78 is 41.3. The molecule has 0 fully saturated rings. The molecule has 0 aliphatic heterocycles. The number of halogens is 3. The molecular weight excluding hydrogens is 373 g/mol. The van der Waals surface area contributed by atoms with Crippen LogP contribution < -0.4 is 15.4 Å². The van der Waals surface area contributed by atoms with Gasteiger partial charge in [-0.15, -0.1) is 13.2 Å². The number of rotatable bonds is 6. The van der Waals surface area contributed by atoms with Crippen LogP contribution in [0.4, 0.5) is 18.9 Å². The van der Waals surface area contributed by atoms with Crippen molar-refractivity contribution in [1.82, 2.24) is 5.32 Å². The van der Waals surface area contributed by atoms with Crippen LogP contribution in [-0.4, -0.2) is 18.2 Å². The molecular formula is C20H19F3N2O3. The van der Waals surface area contributed by atoms with Gasteiger partial charge in [-0.1, -0.05) is 30.3 Å². The number of para-hydroxylation sites is 1. The lowest BCUT2D eigenvalue weighted by molar-refractivity contribution is -0.274. The summed E-state index contributed by atoms with van der Waals surface area (Å²) in [4.78, 5) is 23.3. The molecule has 2 rings (SSSR count). The van der Waals surface area contributed by atoms with E-state index in [0.29, 0.717) is 5.69 Å². The maximum Gasteiger partial charge on any atom is 0.573 e. The fourth-order valence-electron chi connectivity index (χ4n) is 2.44. The van der Waals surface area contributed by atoms with Crippen molar-refractivity contribution < 1.29 is 27.5 Å². The molecule has 2 aromatic carbocycles. The van der Waals surface area contributed by atoms with Crippen LogP contribution in [0.15, 0.2) is 54.6 Å². The smallest absolute Gasteiger partial charge is 0.405 e. The molecule has 5 nitrogen and oxygen atoms in total. The molecule has 0 unspecified atom stereocenters. The average molecular weight is 392 g/mol. The molecule has 0 aromatic heterocycles. The highest BCUT2D eigenvalue weighted by atomic mass is 19.4. The third-order valence-electron chi connectivity index (χ3n) is 3.62. The Morgan fingerprint density at radius 2 is 1.82 bits per heavy atom.